The van der Waals surface area contributed by atoms with E-state index in [1.807, 2.05) is 31.2 Å². The lowest BCUT2D eigenvalue weighted by atomic mass is 9.48. The number of aryl methyl sites for hydroxylation is 1. The molecule has 0 spiro atoms. The van der Waals surface area contributed by atoms with E-state index in [4.69, 9.17) is 0 Å². The Morgan fingerprint density at radius 3 is 2.40 bits per heavy atom. The first kappa shape index (κ1) is 15.2. The van der Waals surface area contributed by atoms with Crippen LogP contribution in [-0.2, 0) is 11.3 Å². The molecular formula is C20H24N4O. The maximum atomic E-state index is 13.2. The lowest BCUT2D eigenvalue weighted by Crippen LogP contribution is -2.50. The predicted octanol–water partition coefficient (Wildman–Crippen LogP) is 3.43. The van der Waals surface area contributed by atoms with Crippen LogP contribution in [0, 0.1) is 30.1 Å². The zero-order valence-corrected chi connectivity index (χ0v) is 14.7. The van der Waals surface area contributed by atoms with E-state index in [9.17, 15) is 4.79 Å². The Morgan fingerprint density at radius 1 is 1.12 bits per heavy atom. The molecule has 4 fully saturated rings. The van der Waals surface area contributed by atoms with Crippen LogP contribution in [-0.4, -0.2) is 26.0 Å². The van der Waals surface area contributed by atoms with E-state index in [0.717, 1.165) is 48.1 Å². The van der Waals surface area contributed by atoms with Gasteiger partial charge in [0, 0.05) is 11.0 Å². The van der Waals surface area contributed by atoms with Crippen LogP contribution in [0.25, 0.3) is 11.4 Å². The Labute approximate surface area is 147 Å². The van der Waals surface area contributed by atoms with Gasteiger partial charge in [-0.25, -0.2) is 0 Å². The summed E-state index contributed by atoms with van der Waals surface area (Å²) in [5, 5.41) is 12.8. The van der Waals surface area contributed by atoms with Crippen molar-refractivity contribution in [2.75, 3.05) is 0 Å². The molecule has 5 heteroatoms. The Balaban J connectivity index is 1.36. The largest absolute Gasteiger partial charge is 0.297 e. The summed E-state index contributed by atoms with van der Waals surface area (Å²) in [5.74, 6) is 3.28. The average Bonchev–Trinajstić information content (AvgIpc) is 3.02. The van der Waals surface area contributed by atoms with Gasteiger partial charge in [0.25, 0.3) is 0 Å². The molecule has 4 aliphatic carbocycles. The summed E-state index contributed by atoms with van der Waals surface area (Å²) in [7, 11) is 0. The van der Waals surface area contributed by atoms with Gasteiger partial charge in [0.05, 0.1) is 0 Å². The Bertz CT molecular complexity index is 789. The maximum Gasteiger partial charge on any atom is 0.205 e. The number of benzene rings is 1. The molecule has 4 bridgehead atoms. The molecule has 1 heterocycles. The highest BCUT2D eigenvalue weighted by atomic mass is 16.1. The average molecular weight is 336 g/mol. The maximum absolute atomic E-state index is 13.2. The van der Waals surface area contributed by atoms with Crippen LogP contribution in [0.4, 0.5) is 0 Å². The van der Waals surface area contributed by atoms with E-state index < -0.39 is 0 Å². The molecule has 1 aromatic carbocycles. The van der Waals surface area contributed by atoms with Crippen molar-refractivity contribution < 1.29 is 4.79 Å². The smallest absolute Gasteiger partial charge is 0.205 e. The SMILES string of the molecule is Cc1ccccc1-c1nnn(CC(=O)C23CC4CC(CC(C4)C2)C3)n1. The molecule has 0 amide bonds. The van der Waals surface area contributed by atoms with Crippen LogP contribution < -0.4 is 0 Å². The van der Waals surface area contributed by atoms with Gasteiger partial charge in [-0.05, 0) is 74.0 Å². The number of ketones is 1. The van der Waals surface area contributed by atoms with Gasteiger partial charge in [0.1, 0.15) is 6.54 Å². The van der Waals surface area contributed by atoms with Crippen LogP contribution in [0.15, 0.2) is 24.3 Å². The molecule has 4 saturated carbocycles. The molecule has 25 heavy (non-hydrogen) atoms. The predicted molar refractivity (Wildman–Crippen MR) is 93.6 cm³/mol. The van der Waals surface area contributed by atoms with Gasteiger partial charge >= 0.3 is 0 Å². The number of carbonyl (C=O) groups is 1. The van der Waals surface area contributed by atoms with Crippen LogP contribution in [0.1, 0.15) is 44.1 Å². The second-order valence-electron chi connectivity index (χ2n) is 8.58. The number of hydrogen-bond donors (Lipinski definition) is 0. The van der Waals surface area contributed by atoms with Crippen molar-refractivity contribution in [3.05, 3.63) is 29.8 Å². The first-order chi connectivity index (χ1) is 12.1. The highest BCUT2D eigenvalue weighted by molar-refractivity contribution is 5.85. The second kappa shape index (κ2) is 5.48. The molecule has 5 nitrogen and oxygen atoms in total. The first-order valence-corrected chi connectivity index (χ1v) is 9.48. The summed E-state index contributed by atoms with van der Waals surface area (Å²) in [6.45, 7) is 2.31. The quantitative estimate of drug-likeness (QED) is 0.858. The fourth-order valence-corrected chi connectivity index (χ4v) is 5.99. The fourth-order valence-electron chi connectivity index (χ4n) is 5.99. The number of carbonyl (C=O) groups excluding carboxylic acids is 1. The lowest BCUT2D eigenvalue weighted by Gasteiger charge is -2.55. The topological polar surface area (TPSA) is 60.7 Å². The molecule has 0 N–H and O–H groups in total. The van der Waals surface area contributed by atoms with E-state index >= 15 is 0 Å². The third kappa shape index (κ3) is 2.52. The van der Waals surface area contributed by atoms with E-state index in [-0.39, 0.29) is 12.0 Å². The van der Waals surface area contributed by atoms with Gasteiger partial charge in [-0.15, -0.1) is 10.2 Å². The van der Waals surface area contributed by atoms with Gasteiger partial charge in [0.2, 0.25) is 5.82 Å². The van der Waals surface area contributed by atoms with Gasteiger partial charge in [-0.3, -0.25) is 4.79 Å². The molecule has 1 aromatic heterocycles. The Hall–Kier alpha value is -2.04. The zero-order valence-electron chi connectivity index (χ0n) is 14.7. The summed E-state index contributed by atoms with van der Waals surface area (Å²) in [6, 6.07) is 8.01. The first-order valence-electron chi connectivity index (χ1n) is 9.48. The summed E-state index contributed by atoms with van der Waals surface area (Å²) >= 11 is 0. The van der Waals surface area contributed by atoms with Crippen molar-refractivity contribution in [2.45, 2.75) is 52.0 Å². The van der Waals surface area contributed by atoms with Crippen molar-refractivity contribution in [2.24, 2.45) is 23.2 Å². The number of aromatic nitrogens is 4. The van der Waals surface area contributed by atoms with Gasteiger partial charge < -0.3 is 0 Å². The fraction of sp³-hybridized carbons (Fsp3) is 0.600. The molecule has 4 aliphatic rings. The molecular weight excluding hydrogens is 312 g/mol. The minimum absolute atomic E-state index is 0.0921. The van der Waals surface area contributed by atoms with Crippen LogP contribution in [0.2, 0.25) is 0 Å². The molecule has 2 aromatic rings. The normalized spacial score (nSPS) is 32.9. The Kier molecular flexibility index (Phi) is 3.34. The van der Waals surface area contributed by atoms with E-state index in [0.29, 0.717) is 11.6 Å². The van der Waals surface area contributed by atoms with Gasteiger partial charge in [-0.1, -0.05) is 24.3 Å². The van der Waals surface area contributed by atoms with Crippen molar-refractivity contribution >= 4 is 5.78 Å². The molecule has 130 valence electrons. The minimum atomic E-state index is -0.0921. The van der Waals surface area contributed by atoms with Crippen molar-refractivity contribution in [3.8, 4) is 11.4 Å². The molecule has 0 saturated heterocycles. The van der Waals surface area contributed by atoms with Crippen molar-refractivity contribution in [1.29, 1.82) is 0 Å². The standard InChI is InChI=1S/C20H24N4O/c1-13-4-2-3-5-17(13)19-21-23-24(22-19)12-18(25)20-9-14-6-15(10-20)8-16(7-14)11-20/h2-5,14-16H,6-12H2,1H3. The van der Waals surface area contributed by atoms with Crippen LogP contribution >= 0.6 is 0 Å². The van der Waals surface area contributed by atoms with E-state index in [2.05, 4.69) is 15.4 Å². The van der Waals surface area contributed by atoms with Gasteiger partial charge in [-0.2, -0.15) is 4.80 Å². The number of Topliss-reactive ketones (excluding diaryl/α,β-unsaturated/α-hetero) is 1. The highest BCUT2D eigenvalue weighted by Gasteiger charge is 2.54. The Morgan fingerprint density at radius 2 is 1.76 bits per heavy atom. The highest BCUT2D eigenvalue weighted by Crippen LogP contribution is 2.60. The van der Waals surface area contributed by atoms with Gasteiger partial charge in [0.15, 0.2) is 5.78 Å². The molecule has 0 aliphatic heterocycles. The molecule has 0 unspecified atom stereocenters. The lowest BCUT2D eigenvalue weighted by molar-refractivity contribution is -0.145. The number of hydrogen-bond acceptors (Lipinski definition) is 4. The zero-order chi connectivity index (χ0) is 17.0. The third-order valence-corrected chi connectivity index (χ3v) is 6.75. The van der Waals surface area contributed by atoms with Crippen molar-refractivity contribution in [1.82, 2.24) is 20.2 Å². The summed E-state index contributed by atoms with van der Waals surface area (Å²) < 4.78 is 0. The minimum Gasteiger partial charge on any atom is -0.297 e. The van der Waals surface area contributed by atoms with E-state index in [1.54, 1.807) is 0 Å². The third-order valence-electron chi connectivity index (χ3n) is 6.75. The van der Waals surface area contributed by atoms with Crippen LogP contribution in [0.5, 0.6) is 0 Å². The summed E-state index contributed by atoms with van der Waals surface area (Å²) in [5.41, 5.74) is 2.01. The molecule has 0 atom stereocenters. The molecule has 6 rings (SSSR count). The monoisotopic (exact) mass is 336 g/mol. The summed E-state index contributed by atoms with van der Waals surface area (Å²) in [4.78, 5) is 14.7. The molecule has 0 radical (unpaired) electrons. The van der Waals surface area contributed by atoms with Crippen LogP contribution in [0.3, 0.4) is 0 Å². The van der Waals surface area contributed by atoms with E-state index in [1.165, 1.54) is 24.1 Å². The summed E-state index contributed by atoms with van der Waals surface area (Å²) in [6.07, 6.45) is 7.34. The number of rotatable bonds is 4. The van der Waals surface area contributed by atoms with Crippen molar-refractivity contribution in [3.63, 3.8) is 0 Å². The number of tetrazole rings is 1. The number of nitrogens with zero attached hydrogens (tertiary/aromatic N) is 4. The second-order valence-corrected chi connectivity index (χ2v) is 8.58.